The highest BCUT2D eigenvalue weighted by Gasteiger charge is 2.71. The molecule has 7 rings (SSSR count). The maximum atomic E-state index is 13.4. The van der Waals surface area contributed by atoms with Crippen LogP contribution in [0.4, 0.5) is 0 Å². The second-order valence-electron chi connectivity index (χ2n) is 20.7. The summed E-state index contributed by atoms with van der Waals surface area (Å²) >= 11 is 0. The average molecular weight is 739 g/mol. The topological polar surface area (TPSA) is 60.4 Å². The van der Waals surface area contributed by atoms with Gasteiger partial charge >= 0.3 is 11.9 Å². The van der Waals surface area contributed by atoms with Gasteiger partial charge in [-0.3, -0.25) is 0 Å². The van der Waals surface area contributed by atoms with Crippen molar-refractivity contribution in [2.75, 3.05) is 6.61 Å². The summed E-state index contributed by atoms with van der Waals surface area (Å²) in [7, 11) is 0. The number of carbonyl (C=O) groups excluding carboxylic acids is 2. The fourth-order valence-electron chi connectivity index (χ4n) is 14.7. The summed E-state index contributed by atoms with van der Waals surface area (Å²) in [6.07, 6.45) is 19.7. The molecule has 0 aromatic carbocycles. The van der Waals surface area contributed by atoms with Crippen molar-refractivity contribution in [3.63, 3.8) is 0 Å². The van der Waals surface area contributed by atoms with Gasteiger partial charge in [0.1, 0.15) is 6.10 Å². The lowest BCUT2D eigenvalue weighted by Crippen LogP contribution is -2.67. The van der Waals surface area contributed by atoms with E-state index in [1.165, 1.54) is 37.7 Å². The Bertz CT molecular complexity index is 1770. The fourth-order valence-corrected chi connectivity index (χ4v) is 14.7. The van der Waals surface area contributed by atoms with Gasteiger partial charge in [0, 0.05) is 33.1 Å². The predicted molar refractivity (Wildman–Crippen MR) is 212 cm³/mol. The van der Waals surface area contributed by atoms with Gasteiger partial charge in [0.25, 0.3) is 0 Å². The Kier molecular flexibility index (Phi) is 10.1. The van der Waals surface area contributed by atoms with Gasteiger partial charge in [0.05, 0.1) is 6.61 Å². The monoisotopic (exact) mass is 739 g/mol. The first kappa shape index (κ1) is 39.2. The molecule has 5 aliphatic rings. The Morgan fingerprint density at radius 1 is 0.704 bits per heavy atom. The normalized spacial score (nSPS) is 38.0. The molecule has 0 saturated heterocycles. The number of carbonyl (C=O) groups is 2. The molecule has 294 valence electrons. The van der Waals surface area contributed by atoms with Crippen LogP contribution in [0.3, 0.4) is 0 Å². The minimum absolute atomic E-state index is 0.0281. The van der Waals surface area contributed by atoms with Gasteiger partial charge in [-0.1, -0.05) is 46.8 Å². The quantitative estimate of drug-likeness (QED) is 0.154. The zero-order valence-corrected chi connectivity index (χ0v) is 35.4. The molecular formula is C48H70N2O4+2. The van der Waals surface area contributed by atoms with Crippen molar-refractivity contribution in [1.82, 2.24) is 0 Å². The van der Waals surface area contributed by atoms with Crippen LogP contribution in [0.5, 0.6) is 0 Å². The summed E-state index contributed by atoms with van der Waals surface area (Å²) in [6.45, 7) is 29.0. The molecule has 5 saturated carbocycles. The van der Waals surface area contributed by atoms with Crippen LogP contribution in [0.15, 0.2) is 49.1 Å². The van der Waals surface area contributed by atoms with E-state index >= 15 is 0 Å². The number of pyridine rings is 2. The van der Waals surface area contributed by atoms with Crippen LogP contribution in [-0.4, -0.2) is 24.6 Å². The standard InChI is InChI=1S/C48H70N2O4/c1-31(2)36-14-19-48(30-53-41(51)28-49-24-32(3)22-33(4)25-49)21-20-46(10)37(43(36)48)12-13-39-45(9)17-16-40(44(7,8)38(45)15-18-47(39,46)11)54-42(52)29-50-26-34(5)23-35(6)27-50/h22-27,36-40,43H,1,12-21,28-30H2,2-11H3/q+2/t36?,37?,38?,39?,40-,43?,45-,46+,47+,48+/m0/s1. The lowest BCUT2D eigenvalue weighted by atomic mass is 9.32. The molecule has 5 unspecified atom stereocenters. The number of aromatic nitrogens is 2. The third-order valence-electron chi connectivity index (χ3n) is 17.0. The molecule has 10 atom stereocenters. The summed E-state index contributed by atoms with van der Waals surface area (Å²) in [5.41, 5.74) is 6.52. The highest BCUT2D eigenvalue weighted by Crippen LogP contribution is 2.77. The van der Waals surface area contributed by atoms with Gasteiger partial charge in [0.2, 0.25) is 13.1 Å². The molecule has 2 heterocycles. The molecule has 0 radical (unpaired) electrons. The van der Waals surface area contributed by atoms with Crippen molar-refractivity contribution in [2.45, 2.75) is 153 Å². The van der Waals surface area contributed by atoms with Crippen LogP contribution in [0.2, 0.25) is 0 Å². The maximum Gasteiger partial charge on any atom is 0.372 e. The Labute approximate surface area is 326 Å². The molecule has 6 nitrogen and oxygen atoms in total. The van der Waals surface area contributed by atoms with Crippen LogP contribution >= 0.6 is 0 Å². The van der Waals surface area contributed by atoms with Gasteiger partial charge in [-0.15, -0.1) is 0 Å². The third-order valence-corrected chi connectivity index (χ3v) is 17.0. The Balaban J connectivity index is 1.09. The van der Waals surface area contributed by atoms with Crippen LogP contribution in [0.1, 0.15) is 128 Å². The molecule has 0 amide bonds. The van der Waals surface area contributed by atoms with E-state index in [0.29, 0.717) is 36.2 Å². The minimum Gasteiger partial charge on any atom is -0.460 e. The minimum atomic E-state index is -0.125. The van der Waals surface area contributed by atoms with E-state index < -0.39 is 0 Å². The number of hydrogen-bond acceptors (Lipinski definition) is 4. The van der Waals surface area contributed by atoms with Crippen molar-refractivity contribution in [2.24, 2.45) is 56.7 Å². The number of fused-ring (bicyclic) bond motifs is 7. The molecule has 0 spiro atoms. The van der Waals surface area contributed by atoms with E-state index in [9.17, 15) is 9.59 Å². The van der Waals surface area contributed by atoms with Gasteiger partial charge < -0.3 is 9.47 Å². The first-order valence-corrected chi connectivity index (χ1v) is 21.3. The second-order valence-corrected chi connectivity index (χ2v) is 20.7. The predicted octanol–water partition coefficient (Wildman–Crippen LogP) is 9.31. The lowest BCUT2D eigenvalue weighted by molar-refractivity contribution is -0.686. The van der Waals surface area contributed by atoms with E-state index in [1.54, 1.807) is 0 Å². The number of ether oxygens (including phenoxy) is 2. The van der Waals surface area contributed by atoms with Crippen molar-refractivity contribution < 1.29 is 28.2 Å². The van der Waals surface area contributed by atoms with Crippen LogP contribution in [0, 0.1) is 84.4 Å². The van der Waals surface area contributed by atoms with Crippen molar-refractivity contribution in [3.05, 3.63) is 71.3 Å². The smallest absolute Gasteiger partial charge is 0.372 e. The highest BCUT2D eigenvalue weighted by atomic mass is 16.5. The molecule has 0 N–H and O–H groups in total. The zero-order valence-electron chi connectivity index (χ0n) is 35.4. The van der Waals surface area contributed by atoms with E-state index in [-0.39, 0.29) is 58.2 Å². The summed E-state index contributed by atoms with van der Waals surface area (Å²) in [5, 5.41) is 0. The molecule has 54 heavy (non-hydrogen) atoms. The number of nitrogens with zero attached hydrogens (tertiary/aromatic N) is 2. The van der Waals surface area contributed by atoms with Crippen LogP contribution in [-0.2, 0) is 32.2 Å². The number of rotatable bonds is 8. The van der Waals surface area contributed by atoms with Gasteiger partial charge in [-0.05, 0) is 157 Å². The molecule has 5 fully saturated rings. The van der Waals surface area contributed by atoms with Crippen molar-refractivity contribution in [1.29, 1.82) is 0 Å². The molecule has 2 aromatic heterocycles. The van der Waals surface area contributed by atoms with Crippen LogP contribution < -0.4 is 9.13 Å². The third kappa shape index (κ3) is 6.47. The maximum absolute atomic E-state index is 13.4. The number of allylic oxidation sites excluding steroid dienone is 1. The lowest BCUT2D eigenvalue weighted by Gasteiger charge is -2.73. The summed E-state index contributed by atoms with van der Waals surface area (Å²) < 4.78 is 16.7. The largest absolute Gasteiger partial charge is 0.460 e. The second kappa shape index (κ2) is 13.9. The van der Waals surface area contributed by atoms with Crippen molar-refractivity contribution in [3.8, 4) is 0 Å². The van der Waals surface area contributed by atoms with E-state index in [2.05, 4.69) is 87.9 Å². The molecule has 2 aromatic rings. The molecule has 5 aliphatic carbocycles. The summed E-state index contributed by atoms with van der Waals surface area (Å²) in [5.74, 6) is 2.48. The van der Waals surface area contributed by atoms with Crippen LogP contribution in [0.25, 0.3) is 0 Å². The Hall–Kier alpha value is -3.02. The first-order valence-electron chi connectivity index (χ1n) is 21.3. The van der Waals surface area contributed by atoms with Gasteiger partial charge in [-0.2, -0.15) is 9.13 Å². The number of aryl methyl sites for hydroxylation is 4. The van der Waals surface area contributed by atoms with E-state index in [0.717, 1.165) is 54.4 Å². The molecular weight excluding hydrogens is 669 g/mol. The van der Waals surface area contributed by atoms with Gasteiger partial charge in [-0.25, -0.2) is 9.59 Å². The van der Waals surface area contributed by atoms with Crippen molar-refractivity contribution >= 4 is 11.9 Å². The molecule has 6 heteroatoms. The summed E-state index contributed by atoms with van der Waals surface area (Å²) in [4.78, 5) is 26.8. The SMILES string of the molecule is C=C(C)C1CC[C@]2(COC(=O)C[n+]3cc(C)cc(C)c3)CC[C@]3(C)C(CCC4[C@@]5(C)CC[C@H](OC(=O)C[n+]6cc(C)cc(C)c6)C(C)(C)C5CC[C@]43C)C12. The highest BCUT2D eigenvalue weighted by molar-refractivity contribution is 5.68. The van der Waals surface area contributed by atoms with E-state index in [4.69, 9.17) is 9.47 Å². The van der Waals surface area contributed by atoms with E-state index in [1.807, 2.05) is 33.9 Å². The zero-order chi connectivity index (χ0) is 39.0. The molecule has 0 aliphatic heterocycles. The molecule has 0 bridgehead atoms. The average Bonchev–Trinajstić information content (AvgIpc) is 3.45. The Morgan fingerprint density at radius 2 is 1.30 bits per heavy atom. The van der Waals surface area contributed by atoms with Gasteiger partial charge in [0.15, 0.2) is 24.8 Å². The first-order chi connectivity index (χ1) is 25.3. The summed E-state index contributed by atoms with van der Waals surface area (Å²) in [6, 6.07) is 4.28. The number of esters is 2. The Morgan fingerprint density at radius 3 is 1.89 bits per heavy atom. The number of hydrogen-bond donors (Lipinski definition) is 0. The fraction of sp³-hybridized carbons (Fsp3) is 0.708.